The molecular weight excluding hydrogens is 254 g/mol. The number of para-hydroxylation sites is 1. The van der Waals surface area contributed by atoms with Crippen molar-refractivity contribution in [3.05, 3.63) is 18.2 Å². The molecule has 1 rings (SSSR count). The van der Waals surface area contributed by atoms with Gasteiger partial charge in [0.2, 0.25) is 0 Å². The average molecular weight is 276 g/mol. The van der Waals surface area contributed by atoms with Gasteiger partial charge in [-0.15, -0.1) is 12.4 Å². The SMILES string of the molecule is CC(C)NCC(O)COc1cccc(N)c1N.Cl. The molecule has 1 atom stereocenters. The molecule has 18 heavy (non-hydrogen) atoms. The lowest BCUT2D eigenvalue weighted by molar-refractivity contribution is 0.105. The summed E-state index contributed by atoms with van der Waals surface area (Å²) in [7, 11) is 0. The van der Waals surface area contributed by atoms with Gasteiger partial charge in [-0.2, -0.15) is 0 Å². The van der Waals surface area contributed by atoms with Crippen molar-refractivity contribution in [1.82, 2.24) is 5.32 Å². The molecule has 0 spiro atoms. The fourth-order valence-corrected chi connectivity index (χ4v) is 1.30. The Hall–Kier alpha value is -1.17. The van der Waals surface area contributed by atoms with Crippen molar-refractivity contribution in [1.29, 1.82) is 0 Å². The molecule has 0 aliphatic carbocycles. The number of halogens is 1. The number of benzene rings is 1. The molecule has 6 N–H and O–H groups in total. The second kappa shape index (κ2) is 8.02. The molecule has 0 saturated carbocycles. The Morgan fingerprint density at radius 2 is 2.00 bits per heavy atom. The Morgan fingerprint density at radius 3 is 2.61 bits per heavy atom. The minimum atomic E-state index is -0.571. The zero-order valence-corrected chi connectivity index (χ0v) is 11.5. The first-order valence-electron chi connectivity index (χ1n) is 5.69. The van der Waals surface area contributed by atoms with Crippen molar-refractivity contribution < 1.29 is 9.84 Å². The number of hydrogen-bond donors (Lipinski definition) is 4. The first-order chi connectivity index (χ1) is 8.00. The molecule has 0 aliphatic heterocycles. The summed E-state index contributed by atoms with van der Waals surface area (Å²) in [5, 5.41) is 12.8. The lowest BCUT2D eigenvalue weighted by atomic mass is 10.2. The summed E-state index contributed by atoms with van der Waals surface area (Å²) in [4.78, 5) is 0. The average Bonchev–Trinajstić information content (AvgIpc) is 2.28. The lowest BCUT2D eigenvalue weighted by Crippen LogP contribution is -2.35. The Kier molecular flexibility index (Phi) is 7.50. The Labute approximate surface area is 114 Å². The van der Waals surface area contributed by atoms with Gasteiger partial charge in [-0.05, 0) is 12.1 Å². The molecule has 1 aromatic carbocycles. The summed E-state index contributed by atoms with van der Waals surface area (Å²) in [5.41, 5.74) is 12.3. The van der Waals surface area contributed by atoms with Gasteiger partial charge in [-0.3, -0.25) is 0 Å². The number of ether oxygens (including phenoxy) is 1. The second-order valence-electron chi connectivity index (χ2n) is 4.29. The van der Waals surface area contributed by atoms with E-state index in [1.54, 1.807) is 18.2 Å². The summed E-state index contributed by atoms with van der Waals surface area (Å²) in [6, 6.07) is 5.54. The summed E-state index contributed by atoms with van der Waals surface area (Å²) >= 11 is 0. The van der Waals surface area contributed by atoms with E-state index in [9.17, 15) is 5.11 Å². The fourth-order valence-electron chi connectivity index (χ4n) is 1.30. The quantitative estimate of drug-likeness (QED) is 0.582. The van der Waals surface area contributed by atoms with E-state index in [4.69, 9.17) is 16.2 Å². The van der Waals surface area contributed by atoms with Crippen molar-refractivity contribution in [3.63, 3.8) is 0 Å². The smallest absolute Gasteiger partial charge is 0.144 e. The molecule has 6 heteroatoms. The minimum absolute atomic E-state index is 0. The molecule has 0 radical (unpaired) electrons. The van der Waals surface area contributed by atoms with Crippen LogP contribution >= 0.6 is 12.4 Å². The van der Waals surface area contributed by atoms with E-state index in [1.807, 2.05) is 13.8 Å². The number of aliphatic hydroxyl groups excluding tert-OH is 1. The molecule has 5 nitrogen and oxygen atoms in total. The van der Waals surface area contributed by atoms with Crippen molar-refractivity contribution in [2.45, 2.75) is 26.0 Å². The molecule has 0 amide bonds. The van der Waals surface area contributed by atoms with E-state index in [2.05, 4.69) is 5.32 Å². The molecule has 1 aromatic rings. The van der Waals surface area contributed by atoms with Crippen LogP contribution in [0.25, 0.3) is 0 Å². The van der Waals surface area contributed by atoms with Crippen molar-refractivity contribution in [2.75, 3.05) is 24.6 Å². The molecule has 0 saturated heterocycles. The molecule has 0 bridgehead atoms. The highest BCUT2D eigenvalue weighted by atomic mass is 35.5. The van der Waals surface area contributed by atoms with Gasteiger partial charge in [0.25, 0.3) is 0 Å². The summed E-state index contributed by atoms with van der Waals surface area (Å²) in [6.07, 6.45) is -0.571. The topological polar surface area (TPSA) is 93.5 Å². The molecule has 1 unspecified atom stereocenters. The monoisotopic (exact) mass is 275 g/mol. The third-order valence-electron chi connectivity index (χ3n) is 2.29. The van der Waals surface area contributed by atoms with Gasteiger partial charge in [0.1, 0.15) is 18.5 Å². The highest BCUT2D eigenvalue weighted by molar-refractivity contribution is 5.85. The zero-order chi connectivity index (χ0) is 12.8. The highest BCUT2D eigenvalue weighted by Crippen LogP contribution is 2.26. The number of anilines is 2. The maximum Gasteiger partial charge on any atom is 0.144 e. The number of nitrogen functional groups attached to an aromatic ring is 2. The fraction of sp³-hybridized carbons (Fsp3) is 0.500. The van der Waals surface area contributed by atoms with Gasteiger partial charge in [0, 0.05) is 12.6 Å². The van der Waals surface area contributed by atoms with Crippen LogP contribution in [-0.4, -0.2) is 30.4 Å². The van der Waals surface area contributed by atoms with Gasteiger partial charge < -0.3 is 26.6 Å². The van der Waals surface area contributed by atoms with Gasteiger partial charge >= 0.3 is 0 Å². The first-order valence-corrected chi connectivity index (χ1v) is 5.69. The number of aliphatic hydroxyl groups is 1. The Bertz CT molecular complexity index is 361. The van der Waals surface area contributed by atoms with E-state index in [1.165, 1.54) is 0 Å². The van der Waals surface area contributed by atoms with Crippen molar-refractivity contribution in [2.24, 2.45) is 0 Å². The number of nitrogens with two attached hydrogens (primary N) is 2. The van der Waals surface area contributed by atoms with Crippen LogP contribution in [0.1, 0.15) is 13.8 Å². The van der Waals surface area contributed by atoms with E-state index in [0.717, 1.165) is 0 Å². The zero-order valence-electron chi connectivity index (χ0n) is 10.7. The van der Waals surface area contributed by atoms with Crippen LogP contribution in [0.5, 0.6) is 5.75 Å². The Morgan fingerprint density at radius 1 is 1.33 bits per heavy atom. The van der Waals surface area contributed by atoms with Crippen molar-refractivity contribution in [3.8, 4) is 5.75 Å². The summed E-state index contributed by atoms with van der Waals surface area (Å²) in [5.74, 6) is 0.508. The number of hydrogen-bond acceptors (Lipinski definition) is 5. The summed E-state index contributed by atoms with van der Waals surface area (Å²) in [6.45, 7) is 4.71. The minimum Gasteiger partial charge on any atom is -0.489 e. The third kappa shape index (κ3) is 5.44. The van der Waals surface area contributed by atoms with Crippen LogP contribution in [0.4, 0.5) is 11.4 Å². The van der Waals surface area contributed by atoms with Crippen LogP contribution in [-0.2, 0) is 0 Å². The van der Waals surface area contributed by atoms with E-state index >= 15 is 0 Å². The second-order valence-corrected chi connectivity index (χ2v) is 4.29. The predicted molar refractivity (Wildman–Crippen MR) is 77.2 cm³/mol. The molecular formula is C12H22ClN3O2. The van der Waals surface area contributed by atoms with Gasteiger partial charge in [-0.25, -0.2) is 0 Å². The predicted octanol–water partition coefficient (Wildman–Crippen LogP) is 1.01. The van der Waals surface area contributed by atoms with E-state index < -0.39 is 6.10 Å². The van der Waals surface area contributed by atoms with E-state index in [0.29, 0.717) is 29.7 Å². The molecule has 0 fully saturated rings. The standard InChI is InChI=1S/C12H21N3O2.ClH/c1-8(2)15-6-9(16)7-17-11-5-3-4-10(13)12(11)14;/h3-5,8-9,15-16H,6-7,13-14H2,1-2H3;1H. The third-order valence-corrected chi connectivity index (χ3v) is 2.29. The van der Waals surface area contributed by atoms with Gasteiger partial charge in [0.15, 0.2) is 0 Å². The largest absolute Gasteiger partial charge is 0.489 e. The van der Waals surface area contributed by atoms with Crippen LogP contribution in [0.2, 0.25) is 0 Å². The van der Waals surface area contributed by atoms with Crippen LogP contribution in [0.3, 0.4) is 0 Å². The van der Waals surface area contributed by atoms with Gasteiger partial charge in [0.05, 0.1) is 11.4 Å². The van der Waals surface area contributed by atoms with Crippen LogP contribution in [0.15, 0.2) is 18.2 Å². The highest BCUT2D eigenvalue weighted by Gasteiger charge is 2.08. The maximum atomic E-state index is 9.66. The molecule has 104 valence electrons. The normalized spacial score (nSPS) is 12.0. The van der Waals surface area contributed by atoms with Crippen LogP contribution < -0.4 is 21.5 Å². The molecule has 0 aromatic heterocycles. The van der Waals surface area contributed by atoms with Crippen LogP contribution in [0, 0.1) is 0 Å². The summed E-state index contributed by atoms with van der Waals surface area (Å²) < 4.78 is 5.42. The lowest BCUT2D eigenvalue weighted by Gasteiger charge is -2.16. The number of nitrogens with one attached hydrogen (secondary N) is 1. The molecule has 0 aliphatic rings. The van der Waals surface area contributed by atoms with Gasteiger partial charge in [-0.1, -0.05) is 19.9 Å². The first kappa shape index (κ1) is 16.8. The Balaban J connectivity index is 0.00000289. The molecule has 0 heterocycles. The van der Waals surface area contributed by atoms with Crippen molar-refractivity contribution >= 4 is 23.8 Å². The van der Waals surface area contributed by atoms with E-state index in [-0.39, 0.29) is 19.0 Å². The number of rotatable bonds is 6. The maximum absolute atomic E-state index is 9.66.